The highest BCUT2D eigenvalue weighted by molar-refractivity contribution is 6.28. The molecule has 362 valence electrons. The highest BCUT2D eigenvalue weighted by atomic mass is 15.1. The number of nitriles is 1. The van der Waals surface area contributed by atoms with Crippen molar-refractivity contribution in [3.63, 3.8) is 0 Å². The summed E-state index contributed by atoms with van der Waals surface area (Å²) in [5.41, 5.74) is 16.8. The van der Waals surface area contributed by atoms with Crippen LogP contribution in [0.25, 0.3) is 144 Å². The van der Waals surface area contributed by atoms with Gasteiger partial charge in [-0.1, -0.05) is 182 Å². The second kappa shape index (κ2) is 17.1. The average molecular weight is 994 g/mol. The monoisotopic (exact) mass is 993 g/mol. The van der Waals surface area contributed by atoms with Crippen molar-refractivity contribution in [1.29, 1.82) is 5.26 Å². The molecule has 0 atom stereocenters. The molecule has 7 nitrogen and oxygen atoms in total. The summed E-state index contributed by atoms with van der Waals surface area (Å²) in [6, 6.07) is 94.7. The fraction of sp³-hybridized carbons (Fsp3) is 0. The predicted molar refractivity (Wildman–Crippen MR) is 320 cm³/mol. The summed E-state index contributed by atoms with van der Waals surface area (Å²) >= 11 is 0. The highest BCUT2D eigenvalue weighted by Crippen LogP contribution is 2.47. The third-order valence-electron chi connectivity index (χ3n) is 15.8. The Morgan fingerprint density at radius 2 is 0.679 bits per heavy atom. The van der Waals surface area contributed by atoms with Crippen LogP contribution in [0, 0.1) is 11.3 Å². The molecule has 0 saturated carbocycles. The van der Waals surface area contributed by atoms with Crippen molar-refractivity contribution < 1.29 is 0 Å². The van der Waals surface area contributed by atoms with Gasteiger partial charge in [-0.3, -0.25) is 0 Å². The molecule has 0 aliphatic heterocycles. The highest BCUT2D eigenvalue weighted by Gasteiger charge is 2.28. The SMILES string of the molecule is N#Cc1c(-n2c3ccccc3c3c2ccc2c4ccccc4n(-c4ccccc4)c23)cc(-c2nc(-c3ccccc3)cc(-c3ccccc3)n2)cc1-n1c2ccccc2c2ccc3c(c4ccccc4n3-c3ccccc3)c21. The minimum atomic E-state index is 0.513. The lowest BCUT2D eigenvalue weighted by Gasteiger charge is -2.19. The number of hydrogen-bond donors (Lipinski definition) is 0. The minimum Gasteiger partial charge on any atom is -0.309 e. The van der Waals surface area contributed by atoms with Gasteiger partial charge < -0.3 is 18.3 Å². The zero-order chi connectivity index (χ0) is 51.4. The Kier molecular flexibility index (Phi) is 9.56. The zero-order valence-electron chi connectivity index (χ0n) is 42.0. The Hall–Kier alpha value is -10.8. The fourth-order valence-electron chi connectivity index (χ4n) is 12.5. The van der Waals surface area contributed by atoms with E-state index in [2.05, 4.69) is 249 Å². The van der Waals surface area contributed by atoms with Crippen LogP contribution in [0.2, 0.25) is 0 Å². The molecular weight excluding hydrogens is 951 g/mol. The lowest BCUT2D eigenvalue weighted by Crippen LogP contribution is -2.06. The fourth-order valence-corrected chi connectivity index (χ4v) is 12.5. The Labute approximate surface area is 447 Å². The minimum absolute atomic E-state index is 0.513. The van der Waals surface area contributed by atoms with Crippen LogP contribution in [0.1, 0.15) is 5.56 Å². The number of hydrogen-bond acceptors (Lipinski definition) is 3. The first-order chi connectivity index (χ1) is 38.7. The van der Waals surface area contributed by atoms with E-state index < -0.39 is 0 Å². The standard InChI is InChI=1S/C71H43N7/c72-44-56-65(77-62-36-20-16-32-55(62)68-64(77)40-38-52-50-29-13-17-33-59(50)76(69(52)68)49-27-11-4-12-28-49)41-47(71-73-57(45-21-5-1-6-22-45)43-58(74-71)46-23-7-2-8-24-46)42-66(56)78-60-34-18-14-30-51(60)53-37-39-63-67(70(53)78)54-31-15-19-35-61(54)75(63)48-25-9-3-10-26-48/h1-43H. The molecule has 16 aromatic rings. The van der Waals surface area contributed by atoms with Crippen LogP contribution in [-0.4, -0.2) is 28.2 Å². The Morgan fingerprint density at radius 1 is 0.295 bits per heavy atom. The van der Waals surface area contributed by atoms with Gasteiger partial charge in [0, 0.05) is 71.2 Å². The van der Waals surface area contributed by atoms with E-state index in [1.165, 1.54) is 5.39 Å². The molecule has 0 unspecified atom stereocenters. The van der Waals surface area contributed by atoms with Crippen LogP contribution in [0.15, 0.2) is 261 Å². The Balaban J connectivity index is 1.09. The number of fused-ring (bicyclic) bond motifs is 14. The maximum atomic E-state index is 12.2. The first kappa shape index (κ1) is 43.6. The molecule has 0 saturated heterocycles. The van der Waals surface area contributed by atoms with Gasteiger partial charge in [0.2, 0.25) is 0 Å². The summed E-state index contributed by atoms with van der Waals surface area (Å²) in [6.07, 6.45) is 0. The van der Waals surface area contributed by atoms with E-state index >= 15 is 0 Å². The second-order valence-corrected chi connectivity index (χ2v) is 20.0. The van der Waals surface area contributed by atoms with Crippen molar-refractivity contribution in [1.82, 2.24) is 28.2 Å². The van der Waals surface area contributed by atoms with E-state index in [0.717, 1.165) is 133 Å². The summed E-state index contributed by atoms with van der Waals surface area (Å²) < 4.78 is 9.42. The molecule has 0 fully saturated rings. The molecule has 78 heavy (non-hydrogen) atoms. The van der Waals surface area contributed by atoms with Crippen LogP contribution in [0.4, 0.5) is 0 Å². The summed E-state index contributed by atoms with van der Waals surface area (Å²) in [7, 11) is 0. The molecule has 0 aliphatic carbocycles. The normalized spacial score (nSPS) is 11.8. The lowest BCUT2D eigenvalue weighted by molar-refractivity contribution is 1.11. The van der Waals surface area contributed by atoms with Crippen LogP contribution >= 0.6 is 0 Å². The third kappa shape index (κ3) is 6.38. The maximum Gasteiger partial charge on any atom is 0.160 e. The van der Waals surface area contributed by atoms with Gasteiger partial charge in [0.1, 0.15) is 11.6 Å². The van der Waals surface area contributed by atoms with Gasteiger partial charge >= 0.3 is 0 Å². The molecular formula is C71H43N7. The van der Waals surface area contributed by atoms with Gasteiger partial charge in [0.05, 0.1) is 66.9 Å². The first-order valence-electron chi connectivity index (χ1n) is 26.3. The maximum absolute atomic E-state index is 12.2. The first-order valence-corrected chi connectivity index (χ1v) is 26.3. The molecule has 0 N–H and O–H groups in total. The second-order valence-electron chi connectivity index (χ2n) is 20.0. The van der Waals surface area contributed by atoms with E-state index in [1.54, 1.807) is 0 Å². The number of nitrogens with zero attached hydrogens (tertiary/aromatic N) is 7. The number of para-hydroxylation sites is 6. The molecule has 5 aromatic heterocycles. The molecule has 0 radical (unpaired) electrons. The van der Waals surface area contributed by atoms with Crippen molar-refractivity contribution in [3.05, 3.63) is 266 Å². The van der Waals surface area contributed by atoms with E-state index in [1.807, 2.05) is 36.4 Å². The molecule has 0 amide bonds. The Bertz CT molecular complexity index is 5080. The van der Waals surface area contributed by atoms with Crippen molar-refractivity contribution in [2.45, 2.75) is 0 Å². The topological polar surface area (TPSA) is 69.3 Å². The van der Waals surface area contributed by atoms with Gasteiger partial charge in [0.15, 0.2) is 5.82 Å². The van der Waals surface area contributed by atoms with Crippen LogP contribution in [0.5, 0.6) is 0 Å². The quantitative estimate of drug-likeness (QED) is 0.160. The number of benzene rings is 11. The van der Waals surface area contributed by atoms with Gasteiger partial charge in [0.25, 0.3) is 0 Å². The summed E-state index contributed by atoms with van der Waals surface area (Å²) in [4.78, 5) is 10.9. The lowest BCUT2D eigenvalue weighted by atomic mass is 10.0. The van der Waals surface area contributed by atoms with E-state index in [-0.39, 0.29) is 0 Å². The van der Waals surface area contributed by atoms with Crippen molar-refractivity contribution in [2.75, 3.05) is 0 Å². The molecule has 0 aliphatic rings. The predicted octanol–water partition coefficient (Wildman–Crippen LogP) is 17.7. The number of aromatic nitrogens is 6. The zero-order valence-corrected chi connectivity index (χ0v) is 42.0. The van der Waals surface area contributed by atoms with E-state index in [9.17, 15) is 5.26 Å². The molecule has 0 spiro atoms. The van der Waals surface area contributed by atoms with Crippen molar-refractivity contribution in [3.8, 4) is 62.7 Å². The van der Waals surface area contributed by atoms with Crippen molar-refractivity contribution in [2.24, 2.45) is 0 Å². The van der Waals surface area contributed by atoms with Gasteiger partial charge in [-0.15, -0.1) is 0 Å². The molecule has 11 aromatic carbocycles. The van der Waals surface area contributed by atoms with E-state index in [0.29, 0.717) is 11.4 Å². The summed E-state index contributed by atoms with van der Waals surface area (Å²) in [5.74, 6) is 0.543. The summed E-state index contributed by atoms with van der Waals surface area (Å²) in [5, 5.41) is 21.1. The van der Waals surface area contributed by atoms with Crippen LogP contribution in [0.3, 0.4) is 0 Å². The molecule has 16 rings (SSSR count). The summed E-state index contributed by atoms with van der Waals surface area (Å²) in [6.45, 7) is 0. The number of rotatable bonds is 7. The average Bonchev–Trinajstić information content (AvgIpc) is 4.31. The van der Waals surface area contributed by atoms with Crippen LogP contribution in [-0.2, 0) is 0 Å². The van der Waals surface area contributed by atoms with Crippen molar-refractivity contribution >= 4 is 87.2 Å². The van der Waals surface area contributed by atoms with Gasteiger partial charge in [-0.05, 0) is 78.9 Å². The van der Waals surface area contributed by atoms with Gasteiger partial charge in [-0.25, -0.2) is 9.97 Å². The van der Waals surface area contributed by atoms with E-state index in [4.69, 9.17) is 9.97 Å². The molecule has 7 heteroatoms. The largest absolute Gasteiger partial charge is 0.309 e. The third-order valence-corrected chi connectivity index (χ3v) is 15.8. The molecule has 5 heterocycles. The Morgan fingerprint density at radius 3 is 1.19 bits per heavy atom. The van der Waals surface area contributed by atoms with Gasteiger partial charge in [-0.2, -0.15) is 5.26 Å². The smallest absolute Gasteiger partial charge is 0.160 e. The van der Waals surface area contributed by atoms with Crippen LogP contribution < -0.4 is 0 Å². The molecule has 0 bridgehead atoms.